The van der Waals surface area contributed by atoms with Crippen LogP contribution in [0.5, 0.6) is 0 Å². The molecule has 0 aromatic rings. The zero-order chi connectivity index (χ0) is 10.4. The van der Waals surface area contributed by atoms with Gasteiger partial charge < -0.3 is 10.0 Å². The highest BCUT2D eigenvalue weighted by Gasteiger charge is 2.16. The van der Waals surface area contributed by atoms with Crippen LogP contribution < -0.4 is 0 Å². The average molecular weight is 217 g/mol. The molecule has 1 saturated heterocycles. The minimum atomic E-state index is 0.151. The lowest BCUT2D eigenvalue weighted by atomic mass is 10.1. The van der Waals surface area contributed by atoms with Crippen molar-refractivity contribution in [1.82, 2.24) is 4.90 Å². The van der Waals surface area contributed by atoms with Crippen molar-refractivity contribution in [3.05, 3.63) is 0 Å². The zero-order valence-electron chi connectivity index (χ0n) is 8.74. The van der Waals surface area contributed by atoms with Crippen molar-refractivity contribution in [2.45, 2.75) is 31.4 Å². The maximum atomic E-state index is 11.6. The molecule has 1 heterocycles. The van der Waals surface area contributed by atoms with Gasteiger partial charge in [-0.1, -0.05) is 6.92 Å². The third kappa shape index (κ3) is 3.88. The average Bonchev–Trinajstić information content (AvgIpc) is 2.26. The van der Waals surface area contributed by atoms with E-state index >= 15 is 0 Å². The van der Waals surface area contributed by atoms with Crippen LogP contribution in [0.15, 0.2) is 0 Å². The van der Waals surface area contributed by atoms with Gasteiger partial charge in [0.05, 0.1) is 12.4 Å². The fraction of sp³-hybridized carbons (Fsp3) is 0.900. The molecule has 4 heteroatoms. The van der Waals surface area contributed by atoms with E-state index in [0.717, 1.165) is 25.9 Å². The molecule has 0 spiro atoms. The first-order valence-corrected chi connectivity index (χ1v) is 6.29. The van der Waals surface area contributed by atoms with Gasteiger partial charge in [-0.25, -0.2) is 0 Å². The number of hydrogen-bond acceptors (Lipinski definition) is 3. The van der Waals surface area contributed by atoms with Crippen LogP contribution in [-0.4, -0.2) is 46.6 Å². The van der Waals surface area contributed by atoms with Crippen LogP contribution in [0.2, 0.25) is 0 Å². The van der Waals surface area contributed by atoms with Crippen LogP contribution in [-0.2, 0) is 4.79 Å². The van der Waals surface area contributed by atoms with Crippen molar-refractivity contribution in [2.24, 2.45) is 0 Å². The second-order valence-corrected chi connectivity index (χ2v) is 5.17. The normalized spacial score (nSPS) is 19.4. The van der Waals surface area contributed by atoms with E-state index in [-0.39, 0.29) is 17.8 Å². The summed E-state index contributed by atoms with van der Waals surface area (Å²) in [4.78, 5) is 13.6. The highest BCUT2D eigenvalue weighted by molar-refractivity contribution is 8.00. The first kappa shape index (κ1) is 11.9. The Morgan fingerprint density at radius 1 is 1.43 bits per heavy atom. The molecule has 0 saturated carbocycles. The molecule has 1 aliphatic heterocycles. The first-order chi connectivity index (χ1) is 6.74. The van der Waals surface area contributed by atoms with E-state index in [0.29, 0.717) is 5.75 Å². The van der Waals surface area contributed by atoms with Crippen molar-refractivity contribution in [2.75, 3.05) is 25.4 Å². The molecule has 82 valence electrons. The summed E-state index contributed by atoms with van der Waals surface area (Å²) in [6.07, 6.45) is 3.54. The fourth-order valence-corrected chi connectivity index (χ4v) is 2.22. The molecule has 0 aromatic heterocycles. The van der Waals surface area contributed by atoms with Gasteiger partial charge in [0.2, 0.25) is 5.91 Å². The molecule has 0 bridgehead atoms. The third-order valence-corrected chi connectivity index (χ3v) is 3.59. The number of aliphatic hydroxyl groups excluding tert-OH is 1. The Labute approximate surface area is 89.9 Å². The molecule has 1 atom stereocenters. The number of likely N-dealkylation sites (tertiary alicyclic amines) is 1. The molecular weight excluding hydrogens is 198 g/mol. The van der Waals surface area contributed by atoms with E-state index in [1.807, 2.05) is 11.8 Å². The summed E-state index contributed by atoms with van der Waals surface area (Å²) in [6, 6.07) is 0. The second-order valence-electron chi connectivity index (χ2n) is 3.75. The van der Waals surface area contributed by atoms with Gasteiger partial charge in [0.15, 0.2) is 0 Å². The molecule has 1 fully saturated rings. The summed E-state index contributed by atoms with van der Waals surface area (Å²) in [7, 11) is 0. The summed E-state index contributed by atoms with van der Waals surface area (Å²) >= 11 is 1.54. The Balaban J connectivity index is 2.19. The standard InChI is InChI=1S/C10H19NO2S/c1-9(7-12)14-8-10(13)11-5-3-2-4-6-11/h9,12H,2-8H2,1H3. The number of carbonyl (C=O) groups excluding carboxylic acids is 1. The molecule has 1 rings (SSSR count). The molecule has 1 N–H and O–H groups in total. The van der Waals surface area contributed by atoms with Crippen LogP contribution in [0.3, 0.4) is 0 Å². The van der Waals surface area contributed by atoms with Gasteiger partial charge >= 0.3 is 0 Å². The molecule has 1 aliphatic rings. The van der Waals surface area contributed by atoms with E-state index in [4.69, 9.17) is 5.11 Å². The summed E-state index contributed by atoms with van der Waals surface area (Å²) in [5.74, 6) is 0.747. The van der Waals surface area contributed by atoms with Gasteiger partial charge in [-0.2, -0.15) is 0 Å². The van der Waals surface area contributed by atoms with Crippen LogP contribution in [0, 0.1) is 0 Å². The highest BCUT2D eigenvalue weighted by atomic mass is 32.2. The van der Waals surface area contributed by atoms with Gasteiger partial charge in [0.25, 0.3) is 0 Å². The minimum absolute atomic E-state index is 0.151. The van der Waals surface area contributed by atoms with E-state index in [2.05, 4.69) is 0 Å². The van der Waals surface area contributed by atoms with Crippen molar-refractivity contribution in [3.8, 4) is 0 Å². The number of carbonyl (C=O) groups is 1. The largest absolute Gasteiger partial charge is 0.395 e. The number of piperidine rings is 1. The lowest BCUT2D eigenvalue weighted by Gasteiger charge is -2.26. The van der Waals surface area contributed by atoms with Crippen LogP contribution in [0.1, 0.15) is 26.2 Å². The molecule has 1 unspecified atom stereocenters. The van der Waals surface area contributed by atoms with E-state index < -0.39 is 0 Å². The fourth-order valence-electron chi connectivity index (χ4n) is 1.50. The van der Waals surface area contributed by atoms with E-state index in [9.17, 15) is 4.79 Å². The Bertz CT molecular complexity index is 181. The van der Waals surface area contributed by atoms with Crippen LogP contribution in [0.25, 0.3) is 0 Å². The Kier molecular flexibility index (Phi) is 5.33. The number of rotatable bonds is 4. The Morgan fingerprint density at radius 2 is 2.07 bits per heavy atom. The molecule has 14 heavy (non-hydrogen) atoms. The molecule has 0 radical (unpaired) electrons. The minimum Gasteiger partial charge on any atom is -0.395 e. The van der Waals surface area contributed by atoms with Crippen molar-refractivity contribution >= 4 is 17.7 Å². The number of nitrogens with zero attached hydrogens (tertiary/aromatic N) is 1. The highest BCUT2D eigenvalue weighted by Crippen LogP contribution is 2.14. The summed E-state index contributed by atoms with van der Waals surface area (Å²) in [5, 5.41) is 8.98. The molecule has 0 aliphatic carbocycles. The second kappa shape index (κ2) is 6.30. The third-order valence-electron chi connectivity index (χ3n) is 2.46. The van der Waals surface area contributed by atoms with Gasteiger partial charge in [-0.15, -0.1) is 11.8 Å². The maximum Gasteiger partial charge on any atom is 0.232 e. The van der Waals surface area contributed by atoms with Crippen molar-refractivity contribution in [1.29, 1.82) is 0 Å². The van der Waals surface area contributed by atoms with Crippen LogP contribution >= 0.6 is 11.8 Å². The van der Waals surface area contributed by atoms with Gasteiger partial charge in [0.1, 0.15) is 0 Å². The monoisotopic (exact) mass is 217 g/mol. The quantitative estimate of drug-likeness (QED) is 0.767. The zero-order valence-corrected chi connectivity index (χ0v) is 9.55. The summed E-state index contributed by atoms with van der Waals surface area (Å²) in [5.41, 5.74) is 0. The van der Waals surface area contributed by atoms with Crippen molar-refractivity contribution < 1.29 is 9.90 Å². The maximum absolute atomic E-state index is 11.6. The number of aliphatic hydroxyl groups is 1. The molecule has 3 nitrogen and oxygen atoms in total. The number of thioether (sulfide) groups is 1. The lowest BCUT2D eigenvalue weighted by molar-refractivity contribution is -0.129. The van der Waals surface area contributed by atoms with E-state index in [1.165, 1.54) is 18.2 Å². The lowest BCUT2D eigenvalue weighted by Crippen LogP contribution is -2.37. The van der Waals surface area contributed by atoms with Crippen molar-refractivity contribution in [3.63, 3.8) is 0 Å². The molecule has 0 aromatic carbocycles. The predicted molar refractivity (Wildman–Crippen MR) is 59.4 cm³/mol. The predicted octanol–water partition coefficient (Wildman–Crippen LogP) is 1.11. The SMILES string of the molecule is CC(CO)SCC(=O)N1CCCCC1. The number of amides is 1. The molecule has 1 amide bonds. The van der Waals surface area contributed by atoms with Crippen LogP contribution in [0.4, 0.5) is 0 Å². The first-order valence-electron chi connectivity index (χ1n) is 5.24. The van der Waals surface area contributed by atoms with Gasteiger partial charge in [-0.3, -0.25) is 4.79 Å². The smallest absolute Gasteiger partial charge is 0.232 e. The summed E-state index contributed by atoms with van der Waals surface area (Å²) < 4.78 is 0. The number of hydrogen-bond donors (Lipinski definition) is 1. The van der Waals surface area contributed by atoms with Gasteiger partial charge in [0, 0.05) is 18.3 Å². The topological polar surface area (TPSA) is 40.5 Å². The van der Waals surface area contributed by atoms with Gasteiger partial charge in [-0.05, 0) is 19.3 Å². The Hall–Kier alpha value is -0.220. The Morgan fingerprint density at radius 3 is 2.64 bits per heavy atom. The summed E-state index contributed by atoms with van der Waals surface area (Å²) in [6.45, 7) is 3.94. The molecular formula is C10H19NO2S. The van der Waals surface area contributed by atoms with E-state index in [1.54, 1.807) is 0 Å².